The lowest BCUT2D eigenvalue weighted by atomic mass is 10.1. The Morgan fingerprint density at radius 2 is 1.11 bits per heavy atom. The molecule has 0 aliphatic heterocycles. The van der Waals surface area contributed by atoms with Crippen LogP contribution < -0.4 is 10.9 Å². The van der Waals surface area contributed by atoms with Crippen molar-refractivity contribution in [1.29, 1.82) is 0 Å². The minimum atomic E-state index is -0.290. The Morgan fingerprint density at radius 1 is 0.714 bits per heavy atom. The standard InChI is InChI=1S/C22H34N4O2/c1-3-5-7-9-11-17-23-25-21(27)19-13-15-20(16-14-19)22(28)26-24-18-12-10-8-6-4-2/h13-18H,3-12H2,1-2H3,(H,25,27)(H,26,28). The van der Waals surface area contributed by atoms with Crippen LogP contribution in [0.3, 0.4) is 0 Å². The van der Waals surface area contributed by atoms with Gasteiger partial charge in [0.05, 0.1) is 0 Å². The molecule has 0 saturated heterocycles. The number of unbranched alkanes of at least 4 members (excludes halogenated alkanes) is 8. The lowest BCUT2D eigenvalue weighted by Crippen LogP contribution is -2.19. The molecule has 28 heavy (non-hydrogen) atoms. The third-order valence-electron chi connectivity index (χ3n) is 4.30. The van der Waals surface area contributed by atoms with Gasteiger partial charge in [0, 0.05) is 23.6 Å². The molecular weight excluding hydrogens is 352 g/mol. The van der Waals surface area contributed by atoms with Gasteiger partial charge in [0.2, 0.25) is 0 Å². The van der Waals surface area contributed by atoms with Crippen LogP contribution in [0.1, 0.15) is 98.8 Å². The fraction of sp³-hybridized carbons (Fsp3) is 0.545. The van der Waals surface area contributed by atoms with Gasteiger partial charge in [0.15, 0.2) is 0 Å². The fourth-order valence-corrected chi connectivity index (χ4v) is 2.56. The Morgan fingerprint density at radius 3 is 1.46 bits per heavy atom. The van der Waals surface area contributed by atoms with E-state index in [4.69, 9.17) is 0 Å². The molecule has 0 unspecified atom stereocenters. The molecule has 6 nitrogen and oxygen atoms in total. The molecule has 0 saturated carbocycles. The van der Waals surface area contributed by atoms with E-state index in [1.165, 1.54) is 38.5 Å². The summed E-state index contributed by atoms with van der Waals surface area (Å²) in [6, 6.07) is 6.43. The number of hydrazone groups is 2. The molecule has 1 aromatic carbocycles. The maximum absolute atomic E-state index is 12.0. The molecule has 1 aromatic rings. The molecule has 2 N–H and O–H groups in total. The molecule has 0 aromatic heterocycles. The third-order valence-corrected chi connectivity index (χ3v) is 4.30. The monoisotopic (exact) mass is 386 g/mol. The van der Waals surface area contributed by atoms with Crippen molar-refractivity contribution >= 4 is 24.2 Å². The summed E-state index contributed by atoms with van der Waals surface area (Å²) >= 11 is 0. The number of benzene rings is 1. The van der Waals surface area contributed by atoms with Crippen LogP contribution in [0.4, 0.5) is 0 Å². The van der Waals surface area contributed by atoms with Crippen LogP contribution >= 0.6 is 0 Å². The van der Waals surface area contributed by atoms with Gasteiger partial charge in [-0.25, -0.2) is 10.9 Å². The van der Waals surface area contributed by atoms with E-state index < -0.39 is 0 Å². The van der Waals surface area contributed by atoms with E-state index in [0.717, 1.165) is 25.7 Å². The molecule has 6 heteroatoms. The van der Waals surface area contributed by atoms with E-state index in [-0.39, 0.29) is 11.8 Å². The Bertz CT molecular complexity index is 569. The molecule has 154 valence electrons. The quantitative estimate of drug-likeness (QED) is 0.266. The predicted molar refractivity (Wildman–Crippen MR) is 116 cm³/mol. The third kappa shape index (κ3) is 10.6. The number of hydrogen-bond acceptors (Lipinski definition) is 4. The highest BCUT2D eigenvalue weighted by Crippen LogP contribution is 2.05. The summed E-state index contributed by atoms with van der Waals surface area (Å²) in [5.41, 5.74) is 5.93. The number of hydrogen-bond donors (Lipinski definition) is 2. The van der Waals surface area contributed by atoms with E-state index in [2.05, 4.69) is 34.9 Å². The topological polar surface area (TPSA) is 82.9 Å². The molecule has 0 aliphatic carbocycles. The number of rotatable bonds is 14. The SMILES string of the molecule is CCCCCCC=NNC(=O)c1ccc(C(=O)NN=CCCCCCC)cc1. The van der Waals surface area contributed by atoms with Crippen molar-refractivity contribution < 1.29 is 9.59 Å². The van der Waals surface area contributed by atoms with Gasteiger partial charge in [-0.2, -0.15) is 10.2 Å². The second-order valence-corrected chi connectivity index (χ2v) is 6.78. The zero-order valence-corrected chi connectivity index (χ0v) is 17.2. The summed E-state index contributed by atoms with van der Waals surface area (Å²) in [5, 5.41) is 7.91. The fourth-order valence-electron chi connectivity index (χ4n) is 2.56. The highest BCUT2D eigenvalue weighted by Gasteiger charge is 2.07. The highest BCUT2D eigenvalue weighted by atomic mass is 16.2. The number of amides is 2. The van der Waals surface area contributed by atoms with Gasteiger partial charge in [0.1, 0.15) is 0 Å². The van der Waals surface area contributed by atoms with Crippen LogP contribution in [-0.2, 0) is 0 Å². The highest BCUT2D eigenvalue weighted by molar-refractivity contribution is 5.97. The maximum atomic E-state index is 12.0. The first-order chi connectivity index (χ1) is 13.7. The Hall–Kier alpha value is -2.50. The van der Waals surface area contributed by atoms with Gasteiger partial charge in [-0.05, 0) is 49.9 Å². The summed E-state index contributed by atoms with van der Waals surface area (Å²) in [7, 11) is 0. The van der Waals surface area contributed by atoms with Crippen LogP contribution in [0.2, 0.25) is 0 Å². The largest absolute Gasteiger partial charge is 0.271 e. The molecule has 0 spiro atoms. The summed E-state index contributed by atoms with van der Waals surface area (Å²) < 4.78 is 0. The van der Waals surface area contributed by atoms with Crippen LogP contribution in [0, 0.1) is 0 Å². The van der Waals surface area contributed by atoms with Gasteiger partial charge >= 0.3 is 0 Å². The van der Waals surface area contributed by atoms with E-state index in [9.17, 15) is 9.59 Å². The van der Waals surface area contributed by atoms with Gasteiger partial charge < -0.3 is 0 Å². The second-order valence-electron chi connectivity index (χ2n) is 6.78. The predicted octanol–water partition coefficient (Wildman–Crippen LogP) is 5.06. The smallest absolute Gasteiger partial charge is 0.267 e. The van der Waals surface area contributed by atoms with Gasteiger partial charge in [0.25, 0.3) is 11.8 Å². The van der Waals surface area contributed by atoms with E-state index in [1.807, 2.05) is 0 Å². The molecule has 1 rings (SSSR count). The zero-order valence-electron chi connectivity index (χ0n) is 17.2. The van der Waals surface area contributed by atoms with E-state index in [1.54, 1.807) is 36.7 Å². The first-order valence-electron chi connectivity index (χ1n) is 10.4. The van der Waals surface area contributed by atoms with Crippen LogP contribution in [0.5, 0.6) is 0 Å². The van der Waals surface area contributed by atoms with Crippen molar-refractivity contribution in [3.05, 3.63) is 35.4 Å². The van der Waals surface area contributed by atoms with Crippen molar-refractivity contribution in [3.8, 4) is 0 Å². The van der Waals surface area contributed by atoms with Gasteiger partial charge in [-0.3, -0.25) is 9.59 Å². The van der Waals surface area contributed by atoms with E-state index in [0.29, 0.717) is 11.1 Å². The lowest BCUT2D eigenvalue weighted by Gasteiger charge is -2.03. The van der Waals surface area contributed by atoms with Gasteiger partial charge in [-0.15, -0.1) is 0 Å². The Kier molecular flexibility index (Phi) is 13.1. The molecule has 0 fully saturated rings. The van der Waals surface area contributed by atoms with Crippen molar-refractivity contribution in [3.63, 3.8) is 0 Å². The second kappa shape index (κ2) is 15.5. The molecule has 0 radical (unpaired) electrons. The first kappa shape index (κ1) is 23.5. The summed E-state index contributed by atoms with van der Waals surface area (Å²) in [6.45, 7) is 4.35. The average Bonchev–Trinajstić information content (AvgIpc) is 2.72. The molecule has 0 heterocycles. The molecule has 0 atom stereocenters. The van der Waals surface area contributed by atoms with Crippen molar-refractivity contribution in [2.75, 3.05) is 0 Å². The number of carbonyl (C=O) groups is 2. The zero-order chi connectivity index (χ0) is 20.5. The Balaban J connectivity index is 2.33. The first-order valence-corrected chi connectivity index (χ1v) is 10.4. The maximum Gasteiger partial charge on any atom is 0.271 e. The van der Waals surface area contributed by atoms with Crippen LogP contribution in [0.25, 0.3) is 0 Å². The van der Waals surface area contributed by atoms with Crippen molar-refractivity contribution in [2.24, 2.45) is 10.2 Å². The van der Waals surface area contributed by atoms with Crippen molar-refractivity contribution in [1.82, 2.24) is 10.9 Å². The normalized spacial score (nSPS) is 11.2. The summed E-state index contributed by atoms with van der Waals surface area (Å²) in [5.74, 6) is -0.580. The molecular formula is C22H34N4O2. The minimum absolute atomic E-state index is 0.290. The average molecular weight is 387 g/mol. The van der Waals surface area contributed by atoms with Crippen molar-refractivity contribution in [2.45, 2.75) is 78.1 Å². The lowest BCUT2D eigenvalue weighted by molar-refractivity contribution is 0.0943. The number of nitrogens with zero attached hydrogens (tertiary/aromatic N) is 2. The van der Waals surface area contributed by atoms with Gasteiger partial charge in [-0.1, -0.05) is 52.4 Å². The number of carbonyl (C=O) groups excluding carboxylic acids is 2. The molecule has 2 amide bonds. The summed E-state index contributed by atoms with van der Waals surface area (Å²) in [6.07, 6.45) is 14.6. The van der Waals surface area contributed by atoms with E-state index >= 15 is 0 Å². The molecule has 0 aliphatic rings. The van der Waals surface area contributed by atoms with Crippen LogP contribution in [0.15, 0.2) is 34.5 Å². The van der Waals surface area contributed by atoms with Crippen LogP contribution in [-0.4, -0.2) is 24.2 Å². The minimum Gasteiger partial charge on any atom is -0.267 e. The molecule has 0 bridgehead atoms. The summed E-state index contributed by atoms with van der Waals surface area (Å²) in [4.78, 5) is 24.1. The number of nitrogens with one attached hydrogen (secondary N) is 2. The Labute approximate surface area is 168 Å².